The van der Waals surface area contributed by atoms with Gasteiger partial charge in [-0.1, -0.05) is 0 Å². The molecule has 0 atom stereocenters. The van der Waals surface area contributed by atoms with Crippen molar-refractivity contribution in [1.29, 1.82) is 0 Å². The van der Waals surface area contributed by atoms with Crippen LogP contribution in [0, 0.1) is 0 Å². The fourth-order valence-corrected chi connectivity index (χ4v) is 1.56. The zero-order chi connectivity index (χ0) is 14.2. The van der Waals surface area contributed by atoms with Gasteiger partial charge in [-0.2, -0.15) is 0 Å². The van der Waals surface area contributed by atoms with Gasteiger partial charge in [0.1, 0.15) is 5.60 Å². The van der Waals surface area contributed by atoms with E-state index in [9.17, 15) is 4.79 Å². The summed E-state index contributed by atoms with van der Waals surface area (Å²) in [6.45, 7) is 8.83. The highest BCUT2D eigenvalue weighted by molar-refractivity contribution is 5.68. The van der Waals surface area contributed by atoms with Crippen LogP contribution >= 0.6 is 0 Å². The van der Waals surface area contributed by atoms with Crippen molar-refractivity contribution >= 4 is 12.6 Å². The largest absolute Gasteiger partial charge is 0.471 e. The fraction of sp³-hybridized carbons (Fsp3) is 0.846. The average Bonchev–Trinajstić information content (AvgIpc) is 2.20. The summed E-state index contributed by atoms with van der Waals surface area (Å²) in [5.74, 6) is 0. The molecular weight excluding hydrogens is 234 g/mol. The van der Waals surface area contributed by atoms with E-state index >= 15 is 0 Å². The molecule has 1 fully saturated rings. The Morgan fingerprint density at radius 3 is 2.11 bits per heavy atom. The Morgan fingerprint density at radius 2 is 1.89 bits per heavy atom. The van der Waals surface area contributed by atoms with Gasteiger partial charge in [-0.25, -0.2) is 4.79 Å². The first kappa shape index (κ1) is 16.7. The van der Waals surface area contributed by atoms with E-state index in [1.165, 1.54) is 13.5 Å². The molecule has 5 nitrogen and oxygen atoms in total. The van der Waals surface area contributed by atoms with Crippen LogP contribution in [0.2, 0.25) is 0 Å². The van der Waals surface area contributed by atoms with E-state index in [2.05, 4.69) is 4.74 Å². The molecule has 0 N–H and O–H groups in total. The number of hydrogen-bond acceptors (Lipinski definition) is 4. The third-order valence-electron chi connectivity index (χ3n) is 2.58. The first-order chi connectivity index (χ1) is 8.35. The van der Waals surface area contributed by atoms with E-state index in [-0.39, 0.29) is 11.7 Å². The number of carbonyl (C=O) groups excluding carboxylic acids is 2. The Kier molecular flexibility index (Phi) is 7.39. The summed E-state index contributed by atoms with van der Waals surface area (Å²) in [4.78, 5) is 22.5. The van der Waals surface area contributed by atoms with Crippen LogP contribution in [-0.2, 0) is 14.3 Å². The summed E-state index contributed by atoms with van der Waals surface area (Å²) in [5, 5.41) is 0. The van der Waals surface area contributed by atoms with Gasteiger partial charge in [0.2, 0.25) is 0 Å². The maximum Gasteiger partial charge on any atom is 0.410 e. The molecule has 1 amide bonds. The Hall–Kier alpha value is -1.26. The molecule has 0 saturated heterocycles. The summed E-state index contributed by atoms with van der Waals surface area (Å²) < 4.78 is 9.20. The molecule has 1 aliphatic carbocycles. The summed E-state index contributed by atoms with van der Waals surface area (Å²) >= 11 is 0. The van der Waals surface area contributed by atoms with Gasteiger partial charge in [0.05, 0.1) is 7.11 Å². The number of amides is 1. The molecule has 0 spiro atoms. The van der Waals surface area contributed by atoms with Gasteiger partial charge in [0.15, 0.2) is 0 Å². The van der Waals surface area contributed by atoms with Crippen LogP contribution in [0.1, 0.15) is 47.0 Å². The van der Waals surface area contributed by atoms with Gasteiger partial charge in [-0.3, -0.25) is 4.79 Å². The highest BCUT2D eigenvalue weighted by Gasteiger charge is 2.30. The number of hydrogen-bond donors (Lipinski definition) is 0. The van der Waals surface area contributed by atoms with E-state index in [1.54, 1.807) is 0 Å². The van der Waals surface area contributed by atoms with Crippen LogP contribution in [-0.4, -0.2) is 42.8 Å². The number of ether oxygens (including phenoxy) is 2. The molecule has 1 saturated carbocycles. The predicted molar refractivity (Wildman–Crippen MR) is 69.3 cm³/mol. The van der Waals surface area contributed by atoms with Crippen LogP contribution in [0.5, 0.6) is 0 Å². The molecule has 0 aromatic rings. The van der Waals surface area contributed by atoms with Gasteiger partial charge >= 0.3 is 6.09 Å². The van der Waals surface area contributed by atoms with Gasteiger partial charge in [-0.15, -0.1) is 0 Å². The van der Waals surface area contributed by atoms with Gasteiger partial charge in [-0.05, 0) is 47.0 Å². The minimum Gasteiger partial charge on any atom is -0.471 e. The molecule has 106 valence electrons. The molecule has 0 aromatic heterocycles. The van der Waals surface area contributed by atoms with E-state index in [0.717, 1.165) is 19.4 Å². The lowest BCUT2D eigenvalue weighted by Crippen LogP contribution is -2.46. The van der Waals surface area contributed by atoms with Crippen molar-refractivity contribution in [3.63, 3.8) is 0 Å². The van der Waals surface area contributed by atoms with Gasteiger partial charge in [0, 0.05) is 12.6 Å². The lowest BCUT2D eigenvalue weighted by Gasteiger charge is -2.37. The Labute approximate surface area is 109 Å². The van der Waals surface area contributed by atoms with Crippen molar-refractivity contribution in [3.8, 4) is 0 Å². The molecule has 5 heteroatoms. The number of rotatable bonds is 3. The van der Waals surface area contributed by atoms with E-state index in [1.807, 2.05) is 32.6 Å². The molecule has 0 heterocycles. The first-order valence-corrected chi connectivity index (χ1v) is 6.31. The number of nitrogens with zero attached hydrogens (tertiary/aromatic N) is 1. The topological polar surface area (TPSA) is 55.8 Å². The molecule has 0 aromatic carbocycles. The van der Waals surface area contributed by atoms with Crippen molar-refractivity contribution in [2.75, 3.05) is 13.7 Å². The molecule has 1 aliphatic rings. The van der Waals surface area contributed by atoms with Crippen LogP contribution in [0.4, 0.5) is 4.79 Å². The van der Waals surface area contributed by atoms with E-state index in [4.69, 9.17) is 9.53 Å². The fourth-order valence-electron chi connectivity index (χ4n) is 1.56. The molecular formula is C13H25NO4. The molecule has 0 bridgehead atoms. The smallest absolute Gasteiger partial charge is 0.410 e. The van der Waals surface area contributed by atoms with E-state index < -0.39 is 0 Å². The van der Waals surface area contributed by atoms with E-state index in [0.29, 0.717) is 12.5 Å². The van der Waals surface area contributed by atoms with Crippen molar-refractivity contribution in [3.05, 3.63) is 0 Å². The normalized spacial score (nSPS) is 14.7. The zero-order valence-corrected chi connectivity index (χ0v) is 12.1. The summed E-state index contributed by atoms with van der Waals surface area (Å²) in [5.41, 5.74) is -0.381. The van der Waals surface area contributed by atoms with Crippen LogP contribution in [0.3, 0.4) is 0 Å². The first-order valence-electron chi connectivity index (χ1n) is 6.31. The third-order valence-corrected chi connectivity index (χ3v) is 2.58. The van der Waals surface area contributed by atoms with Crippen LogP contribution in [0.25, 0.3) is 0 Å². The van der Waals surface area contributed by atoms with Gasteiger partial charge < -0.3 is 14.4 Å². The highest BCUT2D eigenvalue weighted by atomic mass is 16.6. The minimum atomic E-state index is -0.381. The highest BCUT2D eigenvalue weighted by Crippen LogP contribution is 2.25. The van der Waals surface area contributed by atoms with Crippen molar-refractivity contribution in [1.82, 2.24) is 4.90 Å². The minimum absolute atomic E-state index is 0.162. The Bertz CT molecular complexity index is 256. The lowest BCUT2D eigenvalue weighted by molar-refractivity contribution is -0.126. The van der Waals surface area contributed by atoms with Crippen LogP contribution < -0.4 is 0 Å². The molecule has 0 unspecified atom stereocenters. The summed E-state index contributed by atoms with van der Waals surface area (Å²) in [6, 6.07) is 0.426. The summed E-state index contributed by atoms with van der Waals surface area (Å²) in [7, 11) is 1.31. The second-order valence-electron chi connectivity index (χ2n) is 5.18. The lowest BCUT2D eigenvalue weighted by atomic mass is 9.92. The number of methoxy groups -OCH3 is 1. The maximum absolute atomic E-state index is 11.7. The predicted octanol–water partition coefficient (Wildman–Crippen LogP) is 2.59. The number of carbonyl (C=O) groups is 2. The molecule has 0 radical (unpaired) electrons. The second-order valence-corrected chi connectivity index (χ2v) is 5.18. The zero-order valence-electron chi connectivity index (χ0n) is 12.1. The van der Waals surface area contributed by atoms with Crippen molar-refractivity contribution < 1.29 is 19.1 Å². The quantitative estimate of drug-likeness (QED) is 0.731. The molecule has 18 heavy (non-hydrogen) atoms. The van der Waals surface area contributed by atoms with Crippen molar-refractivity contribution in [2.24, 2.45) is 0 Å². The molecule has 1 rings (SSSR count). The maximum atomic E-state index is 11.7. The monoisotopic (exact) mass is 259 g/mol. The van der Waals surface area contributed by atoms with Gasteiger partial charge in [0.25, 0.3) is 6.47 Å². The molecule has 0 aliphatic heterocycles. The standard InChI is InChI=1S/C11H21NO2.C2H4O2/c1-5-12(9-7-6-8-9)10(13)14-11(2,3)4;1-4-2-3/h9H,5-8H2,1-4H3;2H,1H3. The SMILES string of the molecule is CCN(C(=O)OC(C)(C)C)C1CCC1.COC=O. The van der Waals surface area contributed by atoms with Crippen LogP contribution in [0.15, 0.2) is 0 Å². The van der Waals surface area contributed by atoms with Crippen molar-refractivity contribution in [2.45, 2.75) is 58.6 Å². The Morgan fingerprint density at radius 1 is 1.39 bits per heavy atom. The average molecular weight is 259 g/mol. The summed E-state index contributed by atoms with van der Waals surface area (Å²) in [6.07, 6.45) is 3.34. The third kappa shape index (κ3) is 6.47. The Balaban J connectivity index is 0.000000631. The second kappa shape index (κ2) is 7.95.